The Morgan fingerprint density at radius 1 is 0.923 bits per heavy atom. The Balaban J connectivity index is 4.80. The van der Waals surface area contributed by atoms with Crippen molar-refractivity contribution in [1.82, 2.24) is 0 Å². The van der Waals surface area contributed by atoms with Gasteiger partial charge in [-0.3, -0.25) is 0 Å². The van der Waals surface area contributed by atoms with Crippen LogP contribution in [-0.4, -0.2) is 16.4 Å². The Bertz CT molecular complexity index is 209. The summed E-state index contributed by atoms with van der Waals surface area (Å²) in [5.41, 5.74) is 0. The molecule has 13 heavy (non-hydrogen) atoms. The van der Waals surface area contributed by atoms with Crippen molar-refractivity contribution in [2.45, 2.75) is 39.3 Å². The first-order valence-corrected chi connectivity index (χ1v) is 11.2. The highest BCUT2D eigenvalue weighted by Crippen LogP contribution is 2.25. The Kier molecular flexibility index (Phi) is 3.87. The van der Waals surface area contributed by atoms with E-state index in [1.54, 1.807) is 0 Å². The van der Waals surface area contributed by atoms with Crippen LogP contribution in [0.4, 0.5) is 8.78 Å². The van der Waals surface area contributed by atoms with E-state index in [2.05, 4.69) is 0 Å². The summed E-state index contributed by atoms with van der Waals surface area (Å²) in [6.07, 6.45) is -1.64. The molecular weight excluding hydrogens is 206 g/mol. The van der Waals surface area contributed by atoms with E-state index >= 15 is 0 Å². The van der Waals surface area contributed by atoms with Crippen LogP contribution in [-0.2, 0) is 4.43 Å². The molecule has 0 fully saturated rings. The average molecular weight is 224 g/mol. The summed E-state index contributed by atoms with van der Waals surface area (Å²) in [5.74, 6) is 0. The third-order valence-corrected chi connectivity index (χ3v) is 3.94. The molecule has 0 unspecified atom stereocenters. The molecule has 0 heterocycles. The van der Waals surface area contributed by atoms with Crippen molar-refractivity contribution in [1.29, 1.82) is 0 Å². The van der Waals surface area contributed by atoms with E-state index in [9.17, 15) is 8.78 Å². The molecule has 78 valence electrons. The van der Waals surface area contributed by atoms with E-state index in [0.29, 0.717) is 0 Å². The molecule has 0 aliphatic heterocycles. The van der Waals surface area contributed by atoms with Crippen LogP contribution in [0, 0.1) is 0 Å². The minimum atomic E-state index is -2.02. The third-order valence-electron chi connectivity index (χ3n) is 1.26. The average Bonchev–Trinajstić information content (AvgIpc) is 1.77. The lowest BCUT2D eigenvalue weighted by Gasteiger charge is -2.27. The van der Waals surface area contributed by atoms with Gasteiger partial charge in [0.15, 0.2) is 0 Å². The van der Waals surface area contributed by atoms with Gasteiger partial charge in [0, 0.05) is 0 Å². The van der Waals surface area contributed by atoms with Crippen molar-refractivity contribution in [3.05, 3.63) is 11.5 Å². The summed E-state index contributed by atoms with van der Waals surface area (Å²) in [4.78, 5) is 0. The highest BCUT2D eigenvalue weighted by atomic mass is 28.4. The molecule has 0 aromatic rings. The molecule has 0 aromatic heterocycles. The Labute approximate surface area is 80.9 Å². The van der Waals surface area contributed by atoms with Crippen molar-refractivity contribution < 1.29 is 13.2 Å². The second-order valence-corrected chi connectivity index (χ2v) is 14.4. The molecule has 0 aromatic carbocycles. The summed E-state index contributed by atoms with van der Waals surface area (Å²) in [7, 11) is -3.91. The fourth-order valence-corrected chi connectivity index (χ4v) is 4.18. The fraction of sp³-hybridized carbons (Fsp3) is 0.750. The van der Waals surface area contributed by atoms with E-state index in [-0.39, 0.29) is 5.38 Å². The van der Waals surface area contributed by atoms with Crippen LogP contribution < -0.4 is 0 Å². The molecule has 1 nitrogen and oxygen atoms in total. The van der Waals surface area contributed by atoms with Crippen molar-refractivity contribution in [3.8, 4) is 0 Å². The summed E-state index contributed by atoms with van der Waals surface area (Å²) >= 11 is 0. The first kappa shape index (κ1) is 12.8. The van der Waals surface area contributed by atoms with E-state index in [0.717, 1.165) is 0 Å². The maximum Gasteiger partial charge on any atom is 0.300 e. The quantitative estimate of drug-likeness (QED) is 0.523. The van der Waals surface area contributed by atoms with Crippen molar-refractivity contribution in [2.24, 2.45) is 0 Å². The highest BCUT2D eigenvalue weighted by molar-refractivity contribution is 6.84. The van der Waals surface area contributed by atoms with Gasteiger partial charge >= 0.3 is 6.08 Å². The number of hydrogen-bond acceptors (Lipinski definition) is 1. The largest absolute Gasteiger partial charge is 0.547 e. The van der Waals surface area contributed by atoms with Crippen LogP contribution in [0.3, 0.4) is 0 Å². The maximum atomic E-state index is 12.5. The van der Waals surface area contributed by atoms with E-state index < -0.39 is 22.5 Å². The van der Waals surface area contributed by atoms with Gasteiger partial charge in [-0.05, 0) is 19.6 Å². The highest BCUT2D eigenvalue weighted by Gasteiger charge is 2.31. The summed E-state index contributed by atoms with van der Waals surface area (Å²) < 4.78 is 30.5. The Morgan fingerprint density at radius 3 is 1.38 bits per heavy atom. The minimum absolute atomic E-state index is 0.0216. The van der Waals surface area contributed by atoms with E-state index in [1.165, 1.54) is 0 Å². The van der Waals surface area contributed by atoms with Crippen LogP contribution in [0.15, 0.2) is 11.5 Å². The SMILES string of the molecule is C[Si](C)(C)OC(=C(F)F)[Si](C)(C)C. The van der Waals surface area contributed by atoms with Gasteiger partial charge in [0.1, 0.15) is 13.5 Å². The molecule has 0 bridgehead atoms. The molecule has 0 atom stereocenters. The number of halogens is 2. The van der Waals surface area contributed by atoms with Crippen LogP contribution in [0.25, 0.3) is 0 Å². The van der Waals surface area contributed by atoms with Gasteiger partial charge in [-0.2, -0.15) is 8.78 Å². The molecule has 0 rings (SSSR count). The monoisotopic (exact) mass is 224 g/mol. The fourth-order valence-electron chi connectivity index (χ4n) is 0.781. The second kappa shape index (κ2) is 3.92. The third kappa shape index (κ3) is 5.20. The molecule has 0 saturated carbocycles. The normalized spacial score (nSPS) is 12.6. The topological polar surface area (TPSA) is 9.23 Å². The van der Waals surface area contributed by atoms with Crippen molar-refractivity contribution >= 4 is 16.4 Å². The lowest BCUT2D eigenvalue weighted by Crippen LogP contribution is -2.35. The van der Waals surface area contributed by atoms with Crippen LogP contribution in [0.2, 0.25) is 39.3 Å². The van der Waals surface area contributed by atoms with Gasteiger partial charge in [-0.25, -0.2) is 0 Å². The Morgan fingerprint density at radius 2 is 1.31 bits per heavy atom. The second-order valence-electron chi connectivity index (χ2n) is 5.05. The molecule has 0 radical (unpaired) electrons. The maximum absolute atomic E-state index is 12.5. The zero-order chi connectivity index (χ0) is 10.9. The van der Waals surface area contributed by atoms with E-state index in [1.807, 2.05) is 39.3 Å². The van der Waals surface area contributed by atoms with Gasteiger partial charge in [0.2, 0.25) is 8.32 Å². The first-order chi connectivity index (χ1) is 5.54. The molecule has 0 amide bonds. The summed E-state index contributed by atoms with van der Waals surface area (Å²) in [6, 6.07) is 0. The smallest absolute Gasteiger partial charge is 0.300 e. The standard InChI is InChI=1S/C8H18F2OSi2/c1-12(2,3)8(7(9)10)11-13(4,5)6/h1-6H3. The van der Waals surface area contributed by atoms with Gasteiger partial charge in [0.25, 0.3) is 0 Å². The molecule has 5 heteroatoms. The van der Waals surface area contributed by atoms with Gasteiger partial charge in [-0.1, -0.05) is 19.6 Å². The molecule has 0 N–H and O–H groups in total. The molecular formula is C8H18F2OSi2. The predicted octanol–water partition coefficient (Wildman–Crippen LogP) is 3.82. The lowest BCUT2D eigenvalue weighted by molar-refractivity contribution is 0.346. The minimum Gasteiger partial charge on any atom is -0.547 e. The summed E-state index contributed by atoms with van der Waals surface area (Å²) in [6.45, 7) is 11.3. The van der Waals surface area contributed by atoms with Crippen LogP contribution in [0.1, 0.15) is 0 Å². The zero-order valence-corrected chi connectivity index (χ0v) is 11.2. The number of rotatable bonds is 3. The zero-order valence-electron chi connectivity index (χ0n) is 9.16. The molecule has 0 saturated heterocycles. The lowest BCUT2D eigenvalue weighted by atomic mass is 11.0. The van der Waals surface area contributed by atoms with Crippen molar-refractivity contribution in [3.63, 3.8) is 0 Å². The first-order valence-electron chi connectivity index (χ1n) is 4.29. The summed E-state index contributed by atoms with van der Waals surface area (Å²) in [5, 5.41) is -0.0216. The van der Waals surface area contributed by atoms with Crippen molar-refractivity contribution in [2.75, 3.05) is 0 Å². The number of hydrogen-bond donors (Lipinski definition) is 0. The van der Waals surface area contributed by atoms with E-state index in [4.69, 9.17) is 4.43 Å². The predicted molar refractivity (Wildman–Crippen MR) is 57.0 cm³/mol. The van der Waals surface area contributed by atoms with Gasteiger partial charge < -0.3 is 4.43 Å². The van der Waals surface area contributed by atoms with Gasteiger partial charge in [0.05, 0.1) is 0 Å². The Hall–Kier alpha value is -0.166. The molecule has 0 aliphatic rings. The molecule has 0 aliphatic carbocycles. The van der Waals surface area contributed by atoms with Crippen LogP contribution >= 0.6 is 0 Å². The molecule has 0 spiro atoms. The van der Waals surface area contributed by atoms with Gasteiger partial charge in [-0.15, -0.1) is 0 Å². The van der Waals surface area contributed by atoms with Crippen LogP contribution in [0.5, 0.6) is 0 Å².